The number of nitriles is 1. The van der Waals surface area contributed by atoms with Gasteiger partial charge in [-0.25, -0.2) is 0 Å². The van der Waals surface area contributed by atoms with Gasteiger partial charge in [-0.3, -0.25) is 14.7 Å². The number of aryl methyl sites for hydroxylation is 2. The Kier molecular flexibility index (Phi) is 6.11. The molecule has 0 radical (unpaired) electrons. The van der Waals surface area contributed by atoms with Crippen molar-refractivity contribution in [1.82, 2.24) is 14.8 Å². The molecule has 33 heavy (non-hydrogen) atoms. The van der Waals surface area contributed by atoms with Crippen LogP contribution in [0.3, 0.4) is 0 Å². The number of amides is 1. The lowest BCUT2D eigenvalue weighted by atomic mass is 9.89. The number of hydrogen-bond donors (Lipinski definition) is 0. The van der Waals surface area contributed by atoms with E-state index in [-0.39, 0.29) is 5.91 Å². The predicted octanol–water partition coefficient (Wildman–Crippen LogP) is 4.64. The van der Waals surface area contributed by atoms with Crippen molar-refractivity contribution in [1.29, 1.82) is 5.26 Å². The Morgan fingerprint density at radius 2 is 1.82 bits per heavy atom. The Morgan fingerprint density at radius 3 is 2.64 bits per heavy atom. The molecule has 5 nitrogen and oxygen atoms in total. The first-order valence-corrected chi connectivity index (χ1v) is 12.0. The van der Waals surface area contributed by atoms with Crippen LogP contribution in [-0.2, 0) is 19.4 Å². The topological polar surface area (TPSA) is 60.2 Å². The van der Waals surface area contributed by atoms with Crippen LogP contribution in [0.5, 0.6) is 0 Å². The van der Waals surface area contributed by atoms with Gasteiger partial charge in [-0.15, -0.1) is 0 Å². The number of benzene rings is 2. The van der Waals surface area contributed by atoms with Crippen LogP contribution in [0.1, 0.15) is 57.6 Å². The third kappa shape index (κ3) is 4.49. The number of carbonyl (C=O) groups excluding carboxylic acids is 1. The minimum atomic E-state index is 0.173. The number of carbonyl (C=O) groups is 1. The highest BCUT2D eigenvalue weighted by Gasteiger charge is 2.27. The smallest absolute Gasteiger partial charge is 0.254 e. The fourth-order valence-corrected chi connectivity index (χ4v) is 5.22. The molecule has 1 aliphatic heterocycles. The Bertz CT molecular complexity index is 1230. The summed E-state index contributed by atoms with van der Waals surface area (Å²) in [7, 11) is 0. The van der Waals surface area contributed by atoms with Gasteiger partial charge < -0.3 is 4.90 Å². The number of nitrogens with zero attached hydrogens (tertiary/aromatic N) is 4. The third-order valence-corrected chi connectivity index (χ3v) is 7.00. The van der Waals surface area contributed by atoms with E-state index >= 15 is 0 Å². The lowest BCUT2D eigenvalue weighted by Gasteiger charge is -2.26. The monoisotopic (exact) mass is 438 g/mol. The van der Waals surface area contributed by atoms with Gasteiger partial charge in [-0.05, 0) is 74.4 Å². The summed E-state index contributed by atoms with van der Waals surface area (Å²) < 4.78 is 0. The van der Waals surface area contributed by atoms with E-state index in [4.69, 9.17) is 10.2 Å². The summed E-state index contributed by atoms with van der Waals surface area (Å²) in [4.78, 5) is 23.3. The van der Waals surface area contributed by atoms with Crippen molar-refractivity contribution in [3.8, 4) is 6.07 Å². The molecule has 0 unspecified atom stereocenters. The standard InChI is InChI=1S/C28H30N4O/c1-20-7-12-26-24(17-20)27(23-5-2-3-6-25(23)30-26)28(33)32-14-4-13-31(15-16-32)19-22-10-8-21(18-29)9-11-22/h7-12,17H,2-6,13-16,19H2,1H3. The summed E-state index contributed by atoms with van der Waals surface area (Å²) in [6.07, 6.45) is 5.17. The highest BCUT2D eigenvalue weighted by molar-refractivity contribution is 6.08. The largest absolute Gasteiger partial charge is 0.337 e. The fraction of sp³-hybridized carbons (Fsp3) is 0.393. The molecule has 5 rings (SSSR count). The van der Waals surface area contributed by atoms with E-state index in [0.29, 0.717) is 5.56 Å². The van der Waals surface area contributed by atoms with Crippen molar-refractivity contribution >= 4 is 16.8 Å². The lowest BCUT2D eigenvalue weighted by Crippen LogP contribution is -2.36. The normalized spacial score (nSPS) is 16.8. The second-order valence-corrected chi connectivity index (χ2v) is 9.37. The van der Waals surface area contributed by atoms with Crippen molar-refractivity contribution in [3.05, 3.63) is 76.0 Å². The summed E-state index contributed by atoms with van der Waals surface area (Å²) in [6.45, 7) is 6.28. The zero-order valence-electron chi connectivity index (χ0n) is 19.3. The maximum Gasteiger partial charge on any atom is 0.254 e. The van der Waals surface area contributed by atoms with Gasteiger partial charge >= 0.3 is 0 Å². The number of aromatic nitrogens is 1. The van der Waals surface area contributed by atoms with Gasteiger partial charge in [0.15, 0.2) is 0 Å². The minimum Gasteiger partial charge on any atom is -0.337 e. The van der Waals surface area contributed by atoms with Gasteiger partial charge in [0.1, 0.15) is 0 Å². The van der Waals surface area contributed by atoms with E-state index < -0.39 is 0 Å². The highest BCUT2D eigenvalue weighted by atomic mass is 16.2. The first-order valence-electron chi connectivity index (χ1n) is 12.0. The van der Waals surface area contributed by atoms with Crippen LogP contribution in [0.25, 0.3) is 10.9 Å². The predicted molar refractivity (Wildman–Crippen MR) is 130 cm³/mol. The first kappa shape index (κ1) is 21.6. The first-order chi connectivity index (χ1) is 16.1. The van der Waals surface area contributed by atoms with Crippen LogP contribution in [-0.4, -0.2) is 46.9 Å². The van der Waals surface area contributed by atoms with E-state index in [9.17, 15) is 4.79 Å². The van der Waals surface area contributed by atoms with Gasteiger partial charge in [0.25, 0.3) is 5.91 Å². The molecule has 0 bridgehead atoms. The Balaban J connectivity index is 1.38. The van der Waals surface area contributed by atoms with Crippen molar-refractivity contribution < 1.29 is 4.79 Å². The summed E-state index contributed by atoms with van der Waals surface area (Å²) in [6, 6.07) is 16.3. The molecule has 1 aromatic heterocycles. The quantitative estimate of drug-likeness (QED) is 0.598. The van der Waals surface area contributed by atoms with Crippen LogP contribution < -0.4 is 0 Å². The Labute approximate surface area is 195 Å². The molecule has 1 saturated heterocycles. The molecule has 0 spiro atoms. The van der Waals surface area contributed by atoms with Gasteiger partial charge in [0.2, 0.25) is 0 Å². The van der Waals surface area contributed by atoms with Crippen LogP contribution in [0, 0.1) is 18.3 Å². The van der Waals surface area contributed by atoms with Gasteiger partial charge in [-0.1, -0.05) is 23.8 Å². The van der Waals surface area contributed by atoms with Crippen molar-refractivity contribution in [3.63, 3.8) is 0 Å². The molecular weight excluding hydrogens is 408 g/mol. The van der Waals surface area contributed by atoms with Crippen molar-refractivity contribution in [2.24, 2.45) is 0 Å². The number of fused-ring (bicyclic) bond motifs is 2. The van der Waals surface area contributed by atoms with Crippen LogP contribution in [0.2, 0.25) is 0 Å². The molecule has 0 atom stereocenters. The number of rotatable bonds is 3. The maximum absolute atomic E-state index is 13.9. The zero-order chi connectivity index (χ0) is 22.8. The van der Waals surface area contributed by atoms with E-state index in [0.717, 1.165) is 87.0 Å². The average molecular weight is 439 g/mol. The van der Waals surface area contributed by atoms with E-state index in [1.165, 1.54) is 16.7 Å². The van der Waals surface area contributed by atoms with Gasteiger partial charge in [0.05, 0.1) is 22.7 Å². The second kappa shape index (κ2) is 9.33. The molecule has 0 saturated carbocycles. The molecule has 168 valence electrons. The summed E-state index contributed by atoms with van der Waals surface area (Å²) >= 11 is 0. The molecular formula is C28H30N4O. The van der Waals surface area contributed by atoms with Gasteiger partial charge in [-0.2, -0.15) is 5.26 Å². The molecule has 2 heterocycles. The molecule has 2 aliphatic rings. The maximum atomic E-state index is 13.9. The average Bonchev–Trinajstić information content (AvgIpc) is 3.08. The lowest BCUT2D eigenvalue weighted by molar-refractivity contribution is 0.0761. The van der Waals surface area contributed by atoms with Crippen molar-refractivity contribution in [2.45, 2.75) is 45.6 Å². The SMILES string of the molecule is Cc1ccc2nc3c(c(C(=O)N4CCCN(Cc5ccc(C#N)cc5)CC4)c2c1)CCCC3. The summed E-state index contributed by atoms with van der Waals surface area (Å²) in [5, 5.41) is 10.0. The van der Waals surface area contributed by atoms with Gasteiger partial charge in [0, 0.05) is 43.8 Å². The Morgan fingerprint density at radius 1 is 1.00 bits per heavy atom. The summed E-state index contributed by atoms with van der Waals surface area (Å²) in [5.74, 6) is 0.173. The van der Waals surface area contributed by atoms with Crippen LogP contribution >= 0.6 is 0 Å². The molecule has 1 fully saturated rings. The van der Waals surface area contributed by atoms with Crippen LogP contribution in [0.4, 0.5) is 0 Å². The fourth-order valence-electron chi connectivity index (χ4n) is 5.22. The zero-order valence-corrected chi connectivity index (χ0v) is 19.3. The minimum absolute atomic E-state index is 0.173. The molecule has 3 aromatic rings. The van der Waals surface area contributed by atoms with Crippen LogP contribution in [0.15, 0.2) is 42.5 Å². The molecule has 1 aliphatic carbocycles. The number of pyridine rings is 1. The molecule has 2 aromatic carbocycles. The molecule has 1 amide bonds. The summed E-state index contributed by atoms with van der Waals surface area (Å²) in [5.41, 5.74) is 7.22. The molecule has 5 heteroatoms. The number of hydrogen-bond acceptors (Lipinski definition) is 4. The molecule has 0 N–H and O–H groups in total. The third-order valence-electron chi connectivity index (χ3n) is 7.00. The van der Waals surface area contributed by atoms with Crippen molar-refractivity contribution in [2.75, 3.05) is 26.2 Å². The second-order valence-electron chi connectivity index (χ2n) is 9.37. The Hall–Kier alpha value is -3.23. The highest BCUT2D eigenvalue weighted by Crippen LogP contribution is 2.31. The van der Waals surface area contributed by atoms with E-state index in [1.807, 2.05) is 24.3 Å². The van der Waals surface area contributed by atoms with E-state index in [1.54, 1.807) is 0 Å². The van der Waals surface area contributed by atoms with E-state index in [2.05, 4.69) is 41.0 Å².